The summed E-state index contributed by atoms with van der Waals surface area (Å²) in [6.07, 6.45) is 8.95. The highest BCUT2D eigenvalue weighted by Crippen LogP contribution is 2.29. The molecule has 2 amide bonds. The number of amides is 2. The van der Waals surface area contributed by atoms with Gasteiger partial charge in [0.05, 0.1) is 6.04 Å². The van der Waals surface area contributed by atoms with Crippen molar-refractivity contribution in [1.29, 1.82) is 0 Å². The Labute approximate surface area is 150 Å². The van der Waals surface area contributed by atoms with Crippen LogP contribution in [-0.2, 0) is 6.42 Å². The van der Waals surface area contributed by atoms with Gasteiger partial charge in [0.15, 0.2) is 0 Å². The normalized spacial score (nSPS) is 17.8. The molecule has 1 aromatic heterocycles. The molecule has 0 saturated carbocycles. The van der Waals surface area contributed by atoms with Gasteiger partial charge in [-0.1, -0.05) is 37.1 Å². The lowest BCUT2D eigenvalue weighted by atomic mass is 10.0. The van der Waals surface area contributed by atoms with Crippen LogP contribution in [0.15, 0.2) is 48.8 Å². The van der Waals surface area contributed by atoms with Crippen molar-refractivity contribution in [3.63, 3.8) is 0 Å². The van der Waals surface area contributed by atoms with Crippen molar-refractivity contribution < 1.29 is 4.79 Å². The number of hydrogen-bond donors (Lipinski definition) is 1. The largest absolute Gasteiger partial charge is 0.338 e. The predicted octanol–water partition coefficient (Wildman–Crippen LogP) is 4.26. The van der Waals surface area contributed by atoms with Crippen molar-refractivity contribution in [3.05, 3.63) is 65.5 Å². The molecule has 4 heteroatoms. The van der Waals surface area contributed by atoms with E-state index in [-0.39, 0.29) is 12.1 Å². The second-order valence-electron chi connectivity index (χ2n) is 6.75. The zero-order valence-corrected chi connectivity index (χ0v) is 14.9. The number of aromatic nitrogens is 1. The summed E-state index contributed by atoms with van der Waals surface area (Å²) in [5.41, 5.74) is 3.76. The molecule has 0 unspecified atom stereocenters. The minimum Gasteiger partial charge on any atom is -0.338 e. The number of likely N-dealkylation sites (tertiary alicyclic amines) is 1. The molecule has 1 N–H and O–H groups in total. The number of nitrogens with zero attached hydrogens (tertiary/aromatic N) is 2. The highest BCUT2D eigenvalue weighted by Gasteiger charge is 2.26. The molecule has 1 aromatic carbocycles. The van der Waals surface area contributed by atoms with Crippen LogP contribution in [0.3, 0.4) is 0 Å². The van der Waals surface area contributed by atoms with Crippen molar-refractivity contribution in [2.24, 2.45) is 0 Å². The minimum atomic E-state index is 0.0531. The molecule has 0 aliphatic carbocycles. The number of aryl methyl sites for hydroxylation is 1. The van der Waals surface area contributed by atoms with E-state index in [0.717, 1.165) is 25.8 Å². The molecule has 2 aromatic rings. The van der Waals surface area contributed by atoms with Crippen LogP contribution in [0.4, 0.5) is 4.79 Å². The standard InChI is InChI=1S/C21H27N3O/c1-17-7-4-5-8-18(17)12-15-23-21(25)24-16-6-2-3-9-20(24)19-10-13-22-14-11-19/h4-5,7-8,10-11,13-14,20H,2-3,6,9,12,15-16H2,1H3,(H,23,25)/t20-/m1/s1. The SMILES string of the molecule is Cc1ccccc1CCNC(=O)N1CCCCC[C@@H]1c1ccncc1. The van der Waals surface area contributed by atoms with E-state index in [1.165, 1.54) is 29.5 Å². The Kier molecular flexibility index (Phi) is 6.04. The van der Waals surface area contributed by atoms with E-state index in [4.69, 9.17) is 0 Å². The van der Waals surface area contributed by atoms with E-state index < -0.39 is 0 Å². The fraction of sp³-hybridized carbons (Fsp3) is 0.429. The highest BCUT2D eigenvalue weighted by molar-refractivity contribution is 5.74. The van der Waals surface area contributed by atoms with Crippen LogP contribution in [0, 0.1) is 6.92 Å². The third-order valence-electron chi connectivity index (χ3n) is 5.04. The van der Waals surface area contributed by atoms with Crippen LogP contribution in [0.25, 0.3) is 0 Å². The Bertz CT molecular complexity index is 687. The van der Waals surface area contributed by atoms with Crippen molar-refractivity contribution in [2.45, 2.75) is 45.1 Å². The summed E-state index contributed by atoms with van der Waals surface area (Å²) in [6.45, 7) is 3.61. The number of benzene rings is 1. The molecule has 0 bridgehead atoms. The van der Waals surface area contributed by atoms with E-state index in [9.17, 15) is 4.79 Å². The molecule has 4 nitrogen and oxygen atoms in total. The lowest BCUT2D eigenvalue weighted by molar-refractivity contribution is 0.176. The van der Waals surface area contributed by atoms with Crippen molar-refractivity contribution >= 4 is 6.03 Å². The third kappa shape index (κ3) is 4.59. The Balaban J connectivity index is 1.63. The fourth-order valence-electron chi connectivity index (χ4n) is 3.58. The van der Waals surface area contributed by atoms with E-state index in [1.54, 1.807) is 0 Å². The Morgan fingerprint density at radius 1 is 1.16 bits per heavy atom. The Morgan fingerprint density at radius 3 is 2.76 bits per heavy atom. The molecule has 0 spiro atoms. The maximum Gasteiger partial charge on any atom is 0.317 e. The molecule has 2 heterocycles. The summed E-state index contributed by atoms with van der Waals surface area (Å²) in [5.74, 6) is 0. The van der Waals surface area contributed by atoms with Gasteiger partial charge in [0, 0.05) is 25.5 Å². The lowest BCUT2D eigenvalue weighted by Crippen LogP contribution is -2.42. The number of carbonyl (C=O) groups is 1. The highest BCUT2D eigenvalue weighted by atomic mass is 16.2. The van der Waals surface area contributed by atoms with Gasteiger partial charge in [-0.3, -0.25) is 4.98 Å². The molecular weight excluding hydrogens is 310 g/mol. The van der Waals surface area contributed by atoms with Crippen LogP contribution in [0.1, 0.15) is 48.4 Å². The van der Waals surface area contributed by atoms with Crippen molar-refractivity contribution in [3.8, 4) is 0 Å². The molecule has 1 atom stereocenters. The zero-order valence-electron chi connectivity index (χ0n) is 14.9. The summed E-state index contributed by atoms with van der Waals surface area (Å²) in [5, 5.41) is 3.13. The fourth-order valence-corrected chi connectivity index (χ4v) is 3.58. The monoisotopic (exact) mass is 337 g/mol. The van der Waals surface area contributed by atoms with Gasteiger partial charge in [-0.15, -0.1) is 0 Å². The first-order chi connectivity index (χ1) is 12.3. The number of pyridine rings is 1. The van der Waals surface area contributed by atoms with Crippen LogP contribution in [0.5, 0.6) is 0 Å². The van der Waals surface area contributed by atoms with E-state index >= 15 is 0 Å². The summed E-state index contributed by atoms with van der Waals surface area (Å²) in [6, 6.07) is 12.6. The van der Waals surface area contributed by atoms with Gasteiger partial charge in [-0.05, 0) is 55.0 Å². The lowest BCUT2D eigenvalue weighted by Gasteiger charge is -2.30. The molecule has 0 radical (unpaired) electrons. The maximum atomic E-state index is 12.8. The first-order valence-corrected chi connectivity index (χ1v) is 9.24. The molecule has 1 saturated heterocycles. The van der Waals surface area contributed by atoms with Gasteiger partial charge in [-0.2, -0.15) is 0 Å². The number of carbonyl (C=O) groups excluding carboxylic acids is 1. The third-order valence-corrected chi connectivity index (χ3v) is 5.04. The topological polar surface area (TPSA) is 45.2 Å². The van der Waals surface area contributed by atoms with E-state index in [1.807, 2.05) is 35.5 Å². The summed E-state index contributed by atoms with van der Waals surface area (Å²) >= 11 is 0. The zero-order chi connectivity index (χ0) is 17.5. The van der Waals surface area contributed by atoms with Gasteiger partial charge >= 0.3 is 6.03 Å². The summed E-state index contributed by atoms with van der Waals surface area (Å²) in [7, 11) is 0. The minimum absolute atomic E-state index is 0.0531. The van der Waals surface area contributed by atoms with Gasteiger partial charge < -0.3 is 10.2 Å². The van der Waals surface area contributed by atoms with E-state index in [0.29, 0.717) is 6.54 Å². The van der Waals surface area contributed by atoms with Crippen molar-refractivity contribution in [1.82, 2.24) is 15.2 Å². The second kappa shape index (κ2) is 8.65. The predicted molar refractivity (Wildman–Crippen MR) is 100 cm³/mol. The van der Waals surface area contributed by atoms with Gasteiger partial charge in [0.25, 0.3) is 0 Å². The van der Waals surface area contributed by atoms with E-state index in [2.05, 4.69) is 35.4 Å². The van der Waals surface area contributed by atoms with Gasteiger partial charge in [0.1, 0.15) is 0 Å². The van der Waals surface area contributed by atoms with Crippen LogP contribution >= 0.6 is 0 Å². The summed E-state index contributed by atoms with van der Waals surface area (Å²) in [4.78, 5) is 18.9. The number of hydrogen-bond acceptors (Lipinski definition) is 2. The summed E-state index contributed by atoms with van der Waals surface area (Å²) < 4.78 is 0. The Morgan fingerprint density at radius 2 is 1.96 bits per heavy atom. The quantitative estimate of drug-likeness (QED) is 0.906. The molecule has 1 aliphatic heterocycles. The molecule has 132 valence electrons. The molecule has 25 heavy (non-hydrogen) atoms. The first-order valence-electron chi connectivity index (χ1n) is 9.24. The number of nitrogens with one attached hydrogen (secondary N) is 1. The molecule has 3 rings (SSSR count). The molecular formula is C21H27N3O. The number of rotatable bonds is 4. The van der Waals surface area contributed by atoms with Gasteiger partial charge in [0.2, 0.25) is 0 Å². The van der Waals surface area contributed by atoms with Crippen LogP contribution in [0.2, 0.25) is 0 Å². The Hall–Kier alpha value is -2.36. The molecule has 1 aliphatic rings. The van der Waals surface area contributed by atoms with Crippen LogP contribution in [-0.4, -0.2) is 29.0 Å². The number of urea groups is 1. The smallest absolute Gasteiger partial charge is 0.317 e. The van der Waals surface area contributed by atoms with Crippen molar-refractivity contribution in [2.75, 3.05) is 13.1 Å². The second-order valence-corrected chi connectivity index (χ2v) is 6.75. The maximum absolute atomic E-state index is 12.8. The molecule has 1 fully saturated rings. The first kappa shape index (κ1) is 17.5. The van der Waals surface area contributed by atoms with Gasteiger partial charge in [-0.25, -0.2) is 4.79 Å². The average Bonchev–Trinajstić information content (AvgIpc) is 2.90. The van der Waals surface area contributed by atoms with Crippen LogP contribution < -0.4 is 5.32 Å². The average molecular weight is 337 g/mol.